The number of hydrogen-bond acceptors (Lipinski definition) is 6. The van der Waals surface area contributed by atoms with Gasteiger partial charge in [0, 0.05) is 19.0 Å². The summed E-state index contributed by atoms with van der Waals surface area (Å²) in [5.74, 6) is 0.115. The Bertz CT molecular complexity index is 1200. The Morgan fingerprint density at radius 3 is 2.00 bits per heavy atom. The third kappa shape index (κ3) is 7.19. The molecule has 0 spiro atoms. The number of thioether (sulfide) groups is 1. The topological polar surface area (TPSA) is 76.1 Å². The number of benzene rings is 3. The summed E-state index contributed by atoms with van der Waals surface area (Å²) in [4.78, 5) is 25.7. The van der Waals surface area contributed by atoms with Gasteiger partial charge in [-0.1, -0.05) is 84.6 Å². The second-order valence-electron chi connectivity index (χ2n) is 8.12. The van der Waals surface area contributed by atoms with Gasteiger partial charge in [0.2, 0.25) is 0 Å². The Hall–Kier alpha value is -3.62. The van der Waals surface area contributed by atoms with E-state index in [0.717, 1.165) is 16.7 Å². The van der Waals surface area contributed by atoms with Crippen LogP contribution in [-0.4, -0.2) is 32.7 Å². The van der Waals surface area contributed by atoms with E-state index in [1.165, 1.54) is 16.7 Å². The average molecular weight is 520 g/mol. The molecule has 0 atom stereocenters. The highest BCUT2D eigenvalue weighted by Gasteiger charge is 2.31. The van der Waals surface area contributed by atoms with E-state index >= 15 is 0 Å². The van der Waals surface area contributed by atoms with Gasteiger partial charge in [0.05, 0.1) is 4.91 Å². The molecule has 0 saturated carbocycles. The van der Waals surface area contributed by atoms with Crippen molar-refractivity contribution in [3.05, 3.63) is 100 Å². The SMILES string of the molecule is O=C(O)CCCN1C(=O)/C(=C/c2cc(OCc3ccccc3)cc(OCc3ccccc3)c2)SC1=S. The smallest absolute Gasteiger partial charge is 0.303 e. The van der Waals surface area contributed by atoms with Crippen LogP contribution in [0.4, 0.5) is 0 Å². The summed E-state index contributed by atoms with van der Waals surface area (Å²) in [7, 11) is 0. The number of nitrogens with zero attached hydrogens (tertiary/aromatic N) is 1. The fourth-order valence-electron chi connectivity index (χ4n) is 3.56. The maximum Gasteiger partial charge on any atom is 0.303 e. The number of carbonyl (C=O) groups excluding carboxylic acids is 1. The minimum Gasteiger partial charge on any atom is -0.489 e. The van der Waals surface area contributed by atoms with Crippen LogP contribution in [0.2, 0.25) is 0 Å². The second-order valence-corrected chi connectivity index (χ2v) is 9.79. The normalized spacial score (nSPS) is 14.3. The molecule has 6 nitrogen and oxygen atoms in total. The lowest BCUT2D eigenvalue weighted by molar-refractivity contribution is -0.137. The van der Waals surface area contributed by atoms with E-state index in [4.69, 9.17) is 26.8 Å². The Morgan fingerprint density at radius 1 is 0.917 bits per heavy atom. The Morgan fingerprint density at radius 2 is 1.47 bits per heavy atom. The fourth-order valence-corrected chi connectivity index (χ4v) is 4.87. The molecule has 3 aromatic carbocycles. The highest BCUT2D eigenvalue weighted by Crippen LogP contribution is 2.34. The van der Waals surface area contributed by atoms with Crippen LogP contribution in [-0.2, 0) is 22.8 Å². The van der Waals surface area contributed by atoms with Crippen LogP contribution >= 0.6 is 24.0 Å². The summed E-state index contributed by atoms with van der Waals surface area (Å²) in [5, 5.41) is 8.87. The summed E-state index contributed by atoms with van der Waals surface area (Å²) in [6.45, 7) is 1.07. The molecular formula is C28H25NO5S2. The van der Waals surface area contributed by atoms with Crippen LogP contribution in [0.3, 0.4) is 0 Å². The Labute approximate surface area is 219 Å². The molecule has 3 aromatic rings. The van der Waals surface area contributed by atoms with Crippen molar-refractivity contribution >= 4 is 46.3 Å². The van der Waals surface area contributed by atoms with Crippen LogP contribution in [0, 0.1) is 0 Å². The second kappa shape index (κ2) is 12.4. The number of rotatable bonds is 11. The van der Waals surface area contributed by atoms with Crippen molar-refractivity contribution in [1.29, 1.82) is 0 Å². The lowest BCUT2D eigenvalue weighted by Gasteiger charge is -2.13. The van der Waals surface area contributed by atoms with Crippen molar-refractivity contribution in [1.82, 2.24) is 4.90 Å². The van der Waals surface area contributed by atoms with E-state index in [-0.39, 0.29) is 18.9 Å². The van der Waals surface area contributed by atoms with Crippen LogP contribution in [0.25, 0.3) is 6.08 Å². The van der Waals surface area contributed by atoms with Gasteiger partial charge in [-0.05, 0) is 41.3 Å². The van der Waals surface area contributed by atoms with Gasteiger partial charge in [-0.2, -0.15) is 0 Å². The van der Waals surface area contributed by atoms with Crippen LogP contribution in [0.15, 0.2) is 83.8 Å². The number of carboxylic acid groups (broad SMARTS) is 1. The minimum absolute atomic E-state index is 0.0149. The number of amides is 1. The van der Waals surface area contributed by atoms with Gasteiger partial charge in [0.15, 0.2) is 0 Å². The first-order valence-electron chi connectivity index (χ1n) is 11.4. The number of carboxylic acids is 1. The summed E-state index contributed by atoms with van der Waals surface area (Å²) >= 11 is 6.57. The predicted octanol–water partition coefficient (Wildman–Crippen LogP) is 5.91. The highest BCUT2D eigenvalue weighted by atomic mass is 32.2. The van der Waals surface area contributed by atoms with Gasteiger partial charge < -0.3 is 14.6 Å². The lowest BCUT2D eigenvalue weighted by Crippen LogP contribution is -2.29. The molecule has 0 bridgehead atoms. The van der Waals surface area contributed by atoms with Gasteiger partial charge in [0.25, 0.3) is 5.91 Å². The molecule has 4 rings (SSSR count). The molecule has 1 heterocycles. The van der Waals surface area contributed by atoms with Crippen LogP contribution in [0.1, 0.15) is 29.5 Å². The standard InChI is InChI=1S/C28H25NO5S2/c30-26(31)12-7-13-29-27(32)25(36-28(29)35)16-22-14-23(33-18-20-8-3-1-4-9-20)17-24(15-22)34-19-21-10-5-2-6-11-21/h1-6,8-11,14-17H,7,12-13,18-19H2,(H,30,31)/b25-16-. The molecule has 1 aliphatic rings. The molecule has 1 aliphatic heterocycles. The molecular weight excluding hydrogens is 494 g/mol. The van der Waals surface area contributed by atoms with Crippen molar-refractivity contribution in [3.8, 4) is 11.5 Å². The molecule has 1 N–H and O–H groups in total. The van der Waals surface area contributed by atoms with Crippen molar-refractivity contribution in [3.63, 3.8) is 0 Å². The maximum atomic E-state index is 12.9. The monoisotopic (exact) mass is 519 g/mol. The summed E-state index contributed by atoms with van der Waals surface area (Å²) in [6.07, 6.45) is 2.09. The van der Waals surface area contributed by atoms with Crippen LogP contribution < -0.4 is 9.47 Å². The van der Waals surface area contributed by atoms with E-state index in [9.17, 15) is 9.59 Å². The average Bonchev–Trinajstić information content (AvgIpc) is 3.14. The number of carbonyl (C=O) groups is 2. The minimum atomic E-state index is -0.897. The van der Waals surface area contributed by atoms with E-state index in [1.54, 1.807) is 6.08 Å². The summed E-state index contributed by atoms with van der Waals surface area (Å²) < 4.78 is 12.5. The van der Waals surface area contributed by atoms with Crippen LogP contribution in [0.5, 0.6) is 11.5 Å². The molecule has 36 heavy (non-hydrogen) atoms. The predicted molar refractivity (Wildman–Crippen MR) is 145 cm³/mol. The molecule has 1 fully saturated rings. The third-order valence-electron chi connectivity index (χ3n) is 5.34. The number of hydrogen-bond donors (Lipinski definition) is 1. The van der Waals surface area contributed by atoms with Gasteiger partial charge >= 0.3 is 5.97 Å². The first-order valence-corrected chi connectivity index (χ1v) is 12.7. The molecule has 0 aliphatic carbocycles. The van der Waals surface area contributed by atoms with E-state index in [2.05, 4.69) is 0 Å². The number of ether oxygens (including phenoxy) is 2. The van der Waals surface area contributed by atoms with Gasteiger partial charge in [-0.3, -0.25) is 14.5 Å². The molecule has 1 amide bonds. The molecule has 0 unspecified atom stereocenters. The highest BCUT2D eigenvalue weighted by molar-refractivity contribution is 8.26. The van der Waals surface area contributed by atoms with Crippen molar-refractivity contribution in [2.24, 2.45) is 0 Å². The first kappa shape index (κ1) is 25.5. The van der Waals surface area contributed by atoms with E-state index in [0.29, 0.717) is 40.4 Å². The van der Waals surface area contributed by atoms with E-state index in [1.807, 2.05) is 78.9 Å². The third-order valence-corrected chi connectivity index (χ3v) is 6.72. The summed E-state index contributed by atoms with van der Waals surface area (Å²) in [6, 6.07) is 25.3. The molecule has 0 radical (unpaired) electrons. The first-order chi connectivity index (χ1) is 17.5. The summed E-state index contributed by atoms with van der Waals surface area (Å²) in [5.41, 5.74) is 2.82. The van der Waals surface area contributed by atoms with Crippen molar-refractivity contribution < 1.29 is 24.2 Å². The number of thiocarbonyl (C=S) groups is 1. The van der Waals surface area contributed by atoms with Gasteiger partial charge in [0.1, 0.15) is 29.0 Å². The molecule has 1 saturated heterocycles. The molecule has 8 heteroatoms. The zero-order chi connectivity index (χ0) is 25.3. The number of aliphatic carboxylic acids is 1. The maximum absolute atomic E-state index is 12.9. The Kier molecular flexibility index (Phi) is 8.76. The molecule has 0 aromatic heterocycles. The fraction of sp³-hybridized carbons (Fsp3) is 0.179. The van der Waals surface area contributed by atoms with E-state index < -0.39 is 5.97 Å². The largest absolute Gasteiger partial charge is 0.489 e. The zero-order valence-electron chi connectivity index (χ0n) is 19.5. The van der Waals surface area contributed by atoms with Crippen molar-refractivity contribution in [2.75, 3.05) is 6.54 Å². The zero-order valence-corrected chi connectivity index (χ0v) is 21.1. The Balaban J connectivity index is 1.53. The van der Waals surface area contributed by atoms with Crippen molar-refractivity contribution in [2.45, 2.75) is 26.1 Å². The molecule has 184 valence electrons. The van der Waals surface area contributed by atoms with Gasteiger partial charge in [-0.25, -0.2) is 0 Å². The lowest BCUT2D eigenvalue weighted by atomic mass is 10.1. The quantitative estimate of drug-likeness (QED) is 0.249. The van der Waals surface area contributed by atoms with Gasteiger partial charge in [-0.15, -0.1) is 0 Å².